The van der Waals surface area contributed by atoms with Gasteiger partial charge in [0.25, 0.3) is 0 Å². The predicted octanol–water partition coefficient (Wildman–Crippen LogP) is 3.14. The van der Waals surface area contributed by atoms with Crippen LogP contribution in [0.5, 0.6) is 0 Å². The van der Waals surface area contributed by atoms with E-state index >= 15 is 13.2 Å². The second kappa shape index (κ2) is 8.21. The summed E-state index contributed by atoms with van der Waals surface area (Å²) in [6, 6.07) is 3.09. The summed E-state index contributed by atoms with van der Waals surface area (Å²) in [7, 11) is 0. The van der Waals surface area contributed by atoms with Crippen LogP contribution in [-0.4, -0.2) is 39.0 Å². The summed E-state index contributed by atoms with van der Waals surface area (Å²) >= 11 is -2.49. The first-order valence-electron chi connectivity index (χ1n) is 9.19. The zero-order chi connectivity index (χ0) is 26.0. The topological polar surface area (TPSA) is 82.1 Å². The Bertz CT molecular complexity index is 1990. The van der Waals surface area contributed by atoms with E-state index in [1.807, 2.05) is 0 Å². The number of nitriles is 2. The maximum absolute atomic E-state index is 16.1. The van der Waals surface area contributed by atoms with Crippen molar-refractivity contribution in [2.24, 2.45) is 0 Å². The molecule has 2 heterocycles. The number of nitrogens with zero attached hydrogens (tertiary/aromatic N) is 6. The monoisotopic (exact) mass is 622 g/mol. The van der Waals surface area contributed by atoms with E-state index < -0.39 is 112 Å². The van der Waals surface area contributed by atoms with Crippen molar-refractivity contribution in [3.63, 3.8) is 0 Å². The van der Waals surface area contributed by atoms with Crippen molar-refractivity contribution >= 4 is 81.5 Å². The molecule has 5 aromatic rings. The van der Waals surface area contributed by atoms with Gasteiger partial charge in [0.05, 0.1) is 0 Å². The average Bonchev–Trinajstić information content (AvgIpc) is 3.49. The number of hydrogen-bond acceptors (Lipinski definition) is 4. The summed E-state index contributed by atoms with van der Waals surface area (Å²) < 4.78 is 90.0. The Kier molecular flexibility index (Phi) is 5.37. The number of benzene rings is 3. The van der Waals surface area contributed by atoms with Crippen LogP contribution in [0.1, 0.15) is 0 Å². The van der Waals surface area contributed by atoms with Crippen LogP contribution < -0.4 is 8.45 Å². The molecule has 172 valence electrons. The standard InChI is InChI=1S/C22F6N6Se2/c1-31-5(3-29)21-33-17-9-7(14(26)16(28)20(17)36-21)11(23)8-10(12(9)24)19-18(15(27)13(8)25)34-22(35-19)6(4-30)32-2/b21-5-,22-6-. The summed E-state index contributed by atoms with van der Waals surface area (Å²) in [6.07, 6.45) is 0. The van der Waals surface area contributed by atoms with Crippen LogP contribution in [0.3, 0.4) is 0 Å². The van der Waals surface area contributed by atoms with Crippen LogP contribution in [0.2, 0.25) is 0 Å². The van der Waals surface area contributed by atoms with Gasteiger partial charge in [0.1, 0.15) is 0 Å². The summed E-state index contributed by atoms with van der Waals surface area (Å²) in [5, 5.41) is 13.9. The van der Waals surface area contributed by atoms with Crippen molar-refractivity contribution < 1.29 is 26.3 Å². The number of aromatic nitrogens is 2. The Morgan fingerprint density at radius 3 is 1.64 bits per heavy atom. The molecule has 0 saturated heterocycles. The summed E-state index contributed by atoms with van der Waals surface area (Å²) in [5.41, 5.74) is -2.39. The number of rotatable bonds is 0. The average molecular weight is 620 g/mol. The minimum atomic E-state index is -1.91. The molecule has 0 saturated carbocycles. The zero-order valence-electron chi connectivity index (χ0n) is 16.8. The van der Waals surface area contributed by atoms with Crippen LogP contribution in [-0.2, 0) is 0 Å². The molecule has 36 heavy (non-hydrogen) atoms. The van der Waals surface area contributed by atoms with E-state index in [1.165, 1.54) is 0 Å². The molecule has 5 rings (SSSR count). The molecule has 0 radical (unpaired) electrons. The number of halogens is 6. The van der Waals surface area contributed by atoms with Gasteiger partial charge in [0.2, 0.25) is 0 Å². The van der Waals surface area contributed by atoms with Crippen LogP contribution in [0.15, 0.2) is 0 Å². The predicted molar refractivity (Wildman–Crippen MR) is 116 cm³/mol. The fourth-order valence-corrected chi connectivity index (χ4v) is 7.85. The van der Waals surface area contributed by atoms with Gasteiger partial charge in [-0.05, 0) is 0 Å². The minimum absolute atomic E-state index is 0.239. The fraction of sp³-hybridized carbons (Fsp3) is 0. The fourth-order valence-electron chi connectivity index (χ4n) is 3.68. The summed E-state index contributed by atoms with van der Waals surface area (Å²) in [6.45, 7) is 14.1. The van der Waals surface area contributed by atoms with E-state index in [-0.39, 0.29) is 12.7 Å². The number of hydrogen-bond donors (Lipinski definition) is 0. The first kappa shape index (κ1) is 23.6. The molecule has 2 aromatic heterocycles. The van der Waals surface area contributed by atoms with Gasteiger partial charge in [-0.3, -0.25) is 0 Å². The molecule has 0 aliphatic heterocycles. The Morgan fingerprint density at radius 1 is 0.611 bits per heavy atom. The van der Waals surface area contributed by atoms with Crippen molar-refractivity contribution in [1.82, 2.24) is 9.97 Å². The molecule has 0 fully saturated rings. The van der Waals surface area contributed by atoms with Gasteiger partial charge >= 0.3 is 207 Å². The van der Waals surface area contributed by atoms with Crippen molar-refractivity contribution in [1.29, 1.82) is 10.5 Å². The van der Waals surface area contributed by atoms with Crippen LogP contribution in [0.4, 0.5) is 26.3 Å². The zero-order valence-corrected chi connectivity index (χ0v) is 20.2. The van der Waals surface area contributed by atoms with Crippen molar-refractivity contribution in [3.05, 3.63) is 66.2 Å². The van der Waals surface area contributed by atoms with E-state index in [2.05, 4.69) is 19.7 Å². The molecule has 0 unspecified atom stereocenters. The Balaban J connectivity index is 2.18. The first-order chi connectivity index (χ1) is 17.2. The molecule has 14 heteroatoms. The Morgan fingerprint density at radius 2 is 1.08 bits per heavy atom. The first-order valence-corrected chi connectivity index (χ1v) is 12.6. The van der Waals surface area contributed by atoms with Crippen LogP contribution in [0.25, 0.3) is 62.2 Å². The van der Waals surface area contributed by atoms with Gasteiger partial charge in [-0.15, -0.1) is 0 Å². The quantitative estimate of drug-likeness (QED) is 0.115. The van der Waals surface area contributed by atoms with Gasteiger partial charge in [-0.1, -0.05) is 0 Å². The third-order valence-electron chi connectivity index (χ3n) is 5.17. The van der Waals surface area contributed by atoms with E-state index in [4.69, 9.17) is 23.7 Å². The number of fused-ring (bicyclic) bond motifs is 6. The van der Waals surface area contributed by atoms with Crippen molar-refractivity contribution in [2.75, 3.05) is 0 Å². The normalized spacial score (nSPS) is 12.9. The Labute approximate surface area is 206 Å². The molecule has 0 aliphatic carbocycles. The van der Waals surface area contributed by atoms with Gasteiger partial charge in [-0.2, -0.15) is 0 Å². The molecule has 6 nitrogen and oxygen atoms in total. The van der Waals surface area contributed by atoms with Crippen molar-refractivity contribution in [2.45, 2.75) is 0 Å². The van der Waals surface area contributed by atoms with E-state index in [0.29, 0.717) is 0 Å². The second-order valence-corrected chi connectivity index (χ2v) is 11.1. The third kappa shape index (κ3) is 2.94. The van der Waals surface area contributed by atoms with Crippen LogP contribution in [0, 0.1) is 70.7 Å². The van der Waals surface area contributed by atoms with Crippen molar-refractivity contribution in [3.8, 4) is 12.1 Å². The van der Waals surface area contributed by atoms with Gasteiger partial charge < -0.3 is 0 Å². The third-order valence-corrected chi connectivity index (χ3v) is 9.65. The summed E-state index contributed by atoms with van der Waals surface area (Å²) in [4.78, 5) is 13.6. The molecule has 0 amide bonds. The SMILES string of the molecule is [C-]#[N+]/C(C#N)=c1/nc2c([se]1)c(F)c(F)c1c(F)c3c(F)c(F)c4n/c(=C(\C#N)[N+]#[C-])[se]c4c3c(F)c12. The van der Waals surface area contributed by atoms with E-state index in [1.54, 1.807) is 12.1 Å². The molecule has 0 N–H and O–H groups in total. The summed E-state index contributed by atoms with van der Waals surface area (Å²) in [5.74, 6) is -10.3. The molecule has 3 aromatic carbocycles. The van der Waals surface area contributed by atoms with E-state index in [0.717, 1.165) is 0 Å². The molecule has 0 bridgehead atoms. The van der Waals surface area contributed by atoms with Gasteiger partial charge in [-0.25, -0.2) is 0 Å². The molecule has 0 atom stereocenters. The molecule has 0 spiro atoms. The molecular weight excluding hydrogens is 620 g/mol. The molecule has 0 aliphatic rings. The van der Waals surface area contributed by atoms with Gasteiger partial charge in [0, 0.05) is 0 Å². The maximum atomic E-state index is 16.1. The van der Waals surface area contributed by atoms with E-state index in [9.17, 15) is 13.2 Å². The van der Waals surface area contributed by atoms with Gasteiger partial charge in [0.15, 0.2) is 0 Å². The molecular formula is C22F6N6Se2. The second-order valence-electron chi connectivity index (χ2n) is 6.92. The van der Waals surface area contributed by atoms with Crippen LogP contribution >= 0.6 is 0 Å². The Hall–Kier alpha value is -4.16.